The molecule has 19 heavy (non-hydrogen) atoms. The molecule has 0 aliphatic rings. The maximum atomic E-state index is 14.0. The SMILES string of the molecule is Fc1cccc(Cl)c1-n1c(=S)[nH]c2cccc(Cl)c21. The van der Waals surface area contributed by atoms with E-state index in [4.69, 9.17) is 35.4 Å². The van der Waals surface area contributed by atoms with Crippen LogP contribution in [0.5, 0.6) is 0 Å². The highest BCUT2D eigenvalue weighted by Gasteiger charge is 2.15. The smallest absolute Gasteiger partial charge is 0.182 e. The van der Waals surface area contributed by atoms with E-state index in [9.17, 15) is 4.39 Å². The second-order valence-electron chi connectivity index (χ2n) is 3.97. The highest BCUT2D eigenvalue weighted by Crippen LogP contribution is 2.31. The van der Waals surface area contributed by atoms with Crippen LogP contribution in [0.25, 0.3) is 16.7 Å². The van der Waals surface area contributed by atoms with Crippen molar-refractivity contribution in [2.24, 2.45) is 0 Å². The minimum Gasteiger partial charge on any atom is -0.330 e. The summed E-state index contributed by atoms with van der Waals surface area (Å²) in [7, 11) is 0. The highest BCUT2D eigenvalue weighted by atomic mass is 35.5. The standard InChI is InChI=1S/C13H7Cl2FN2S/c14-7-3-1-5-9(16)11(7)18-12-8(15)4-2-6-10(12)17-13(18)19/h1-6H,(H,17,19). The van der Waals surface area contributed by atoms with Crippen molar-refractivity contribution in [3.05, 3.63) is 57.0 Å². The molecule has 3 aromatic rings. The molecule has 1 N–H and O–H groups in total. The van der Waals surface area contributed by atoms with Crippen molar-refractivity contribution < 1.29 is 4.39 Å². The molecule has 0 atom stereocenters. The fourth-order valence-electron chi connectivity index (χ4n) is 2.03. The fourth-order valence-corrected chi connectivity index (χ4v) is 2.83. The van der Waals surface area contributed by atoms with Crippen LogP contribution in [0.3, 0.4) is 0 Å². The molecule has 0 aliphatic carbocycles. The molecular formula is C13H7Cl2FN2S. The molecule has 0 radical (unpaired) electrons. The van der Waals surface area contributed by atoms with Gasteiger partial charge in [-0.25, -0.2) is 4.39 Å². The number of aromatic nitrogens is 2. The number of rotatable bonds is 1. The van der Waals surface area contributed by atoms with Crippen molar-refractivity contribution >= 4 is 46.5 Å². The molecule has 96 valence electrons. The largest absolute Gasteiger partial charge is 0.330 e. The van der Waals surface area contributed by atoms with Crippen LogP contribution in [0, 0.1) is 10.6 Å². The van der Waals surface area contributed by atoms with Gasteiger partial charge in [-0.2, -0.15) is 0 Å². The summed E-state index contributed by atoms with van der Waals surface area (Å²) < 4.78 is 15.9. The minimum absolute atomic E-state index is 0.202. The number of para-hydroxylation sites is 2. The predicted molar refractivity (Wildman–Crippen MR) is 78.4 cm³/mol. The summed E-state index contributed by atoms with van der Waals surface area (Å²) in [6, 6.07) is 9.82. The number of benzene rings is 2. The van der Waals surface area contributed by atoms with E-state index in [2.05, 4.69) is 4.98 Å². The fraction of sp³-hybridized carbons (Fsp3) is 0. The Morgan fingerprint density at radius 2 is 1.74 bits per heavy atom. The zero-order valence-corrected chi connectivity index (χ0v) is 11.8. The lowest BCUT2D eigenvalue weighted by atomic mass is 10.2. The molecule has 0 saturated carbocycles. The summed E-state index contributed by atoms with van der Waals surface area (Å²) >= 11 is 17.5. The number of fused-ring (bicyclic) bond motifs is 1. The van der Waals surface area contributed by atoms with Gasteiger partial charge in [-0.15, -0.1) is 0 Å². The van der Waals surface area contributed by atoms with Crippen molar-refractivity contribution in [3.63, 3.8) is 0 Å². The van der Waals surface area contributed by atoms with Gasteiger partial charge in [0.15, 0.2) is 4.77 Å². The lowest BCUT2D eigenvalue weighted by molar-refractivity contribution is 0.619. The van der Waals surface area contributed by atoms with Gasteiger partial charge < -0.3 is 4.98 Å². The minimum atomic E-state index is -0.454. The maximum absolute atomic E-state index is 14.0. The van der Waals surface area contributed by atoms with Crippen LogP contribution in [-0.2, 0) is 0 Å². The van der Waals surface area contributed by atoms with Crippen molar-refractivity contribution in [2.75, 3.05) is 0 Å². The topological polar surface area (TPSA) is 20.7 Å². The Morgan fingerprint density at radius 1 is 1.05 bits per heavy atom. The number of nitrogens with one attached hydrogen (secondary N) is 1. The molecule has 0 aliphatic heterocycles. The number of imidazole rings is 1. The van der Waals surface area contributed by atoms with E-state index in [1.165, 1.54) is 10.6 Å². The average Bonchev–Trinajstić information content (AvgIpc) is 2.67. The highest BCUT2D eigenvalue weighted by molar-refractivity contribution is 7.71. The van der Waals surface area contributed by atoms with Crippen LogP contribution in [0.15, 0.2) is 36.4 Å². The average molecular weight is 313 g/mol. The summed E-state index contributed by atoms with van der Waals surface area (Å²) in [5, 5.41) is 0.751. The van der Waals surface area contributed by atoms with Gasteiger partial charge in [0.25, 0.3) is 0 Å². The summed E-state index contributed by atoms with van der Waals surface area (Å²) in [5.41, 5.74) is 1.55. The molecule has 6 heteroatoms. The molecule has 0 unspecified atom stereocenters. The summed E-state index contributed by atoms with van der Waals surface area (Å²) in [6.45, 7) is 0. The van der Waals surface area contributed by atoms with Crippen LogP contribution in [0.4, 0.5) is 4.39 Å². The van der Waals surface area contributed by atoms with E-state index in [-0.39, 0.29) is 10.7 Å². The lowest BCUT2D eigenvalue weighted by Crippen LogP contribution is -1.99. The molecule has 0 bridgehead atoms. The molecular weight excluding hydrogens is 306 g/mol. The Hall–Kier alpha value is -1.36. The van der Waals surface area contributed by atoms with E-state index in [1.807, 2.05) is 6.07 Å². The molecule has 1 aromatic heterocycles. The second kappa shape index (κ2) is 4.63. The van der Waals surface area contributed by atoms with Crippen molar-refractivity contribution in [3.8, 4) is 5.69 Å². The van der Waals surface area contributed by atoms with Crippen molar-refractivity contribution in [2.45, 2.75) is 0 Å². The number of nitrogens with zero attached hydrogens (tertiary/aromatic N) is 1. The molecule has 3 rings (SSSR count). The van der Waals surface area contributed by atoms with Crippen LogP contribution < -0.4 is 0 Å². The Balaban J connectivity index is 2.50. The van der Waals surface area contributed by atoms with E-state index in [0.29, 0.717) is 15.3 Å². The first-order valence-electron chi connectivity index (χ1n) is 5.43. The van der Waals surface area contributed by atoms with Gasteiger partial charge in [0.05, 0.1) is 21.1 Å². The van der Waals surface area contributed by atoms with Gasteiger partial charge in [-0.05, 0) is 36.5 Å². The van der Waals surface area contributed by atoms with Gasteiger partial charge in [0.1, 0.15) is 11.5 Å². The lowest BCUT2D eigenvalue weighted by Gasteiger charge is -2.09. The summed E-state index contributed by atoms with van der Waals surface area (Å²) in [4.78, 5) is 2.99. The number of hydrogen-bond acceptors (Lipinski definition) is 1. The zero-order chi connectivity index (χ0) is 13.6. The Kier molecular flexibility index (Phi) is 3.09. The molecule has 2 nitrogen and oxygen atoms in total. The van der Waals surface area contributed by atoms with Gasteiger partial charge in [0.2, 0.25) is 0 Å². The van der Waals surface area contributed by atoms with Crippen molar-refractivity contribution in [1.82, 2.24) is 9.55 Å². The van der Waals surface area contributed by atoms with E-state index >= 15 is 0 Å². The second-order valence-corrected chi connectivity index (χ2v) is 5.17. The first kappa shape index (κ1) is 12.7. The van der Waals surface area contributed by atoms with E-state index in [1.54, 1.807) is 24.3 Å². The third-order valence-electron chi connectivity index (χ3n) is 2.82. The van der Waals surface area contributed by atoms with E-state index < -0.39 is 5.82 Å². The van der Waals surface area contributed by atoms with Gasteiger partial charge >= 0.3 is 0 Å². The summed E-state index contributed by atoms with van der Waals surface area (Å²) in [6.07, 6.45) is 0. The first-order valence-corrected chi connectivity index (χ1v) is 6.59. The van der Waals surface area contributed by atoms with Crippen LogP contribution >= 0.6 is 35.4 Å². The number of hydrogen-bond donors (Lipinski definition) is 1. The molecule has 1 heterocycles. The number of H-pyrrole nitrogens is 1. The quantitative estimate of drug-likeness (QED) is 0.617. The molecule has 0 amide bonds. The number of halogens is 3. The predicted octanol–water partition coefficient (Wildman–Crippen LogP) is 5.13. The van der Waals surface area contributed by atoms with Crippen molar-refractivity contribution in [1.29, 1.82) is 0 Å². The molecule has 0 saturated heterocycles. The monoisotopic (exact) mass is 312 g/mol. The van der Waals surface area contributed by atoms with Gasteiger partial charge in [0, 0.05) is 0 Å². The Labute approximate surface area is 123 Å². The Morgan fingerprint density at radius 3 is 2.47 bits per heavy atom. The Bertz CT molecular complexity index is 818. The van der Waals surface area contributed by atoms with Crippen LogP contribution in [0.1, 0.15) is 0 Å². The third kappa shape index (κ3) is 1.96. The number of aromatic amines is 1. The third-order valence-corrected chi connectivity index (χ3v) is 3.71. The summed E-state index contributed by atoms with van der Waals surface area (Å²) in [5.74, 6) is -0.454. The van der Waals surface area contributed by atoms with Gasteiger partial charge in [-0.1, -0.05) is 35.3 Å². The van der Waals surface area contributed by atoms with Crippen LogP contribution in [-0.4, -0.2) is 9.55 Å². The normalized spacial score (nSPS) is 11.1. The maximum Gasteiger partial charge on any atom is 0.182 e. The van der Waals surface area contributed by atoms with E-state index in [0.717, 1.165) is 5.52 Å². The molecule has 0 spiro atoms. The van der Waals surface area contributed by atoms with Gasteiger partial charge in [-0.3, -0.25) is 4.57 Å². The molecule has 2 aromatic carbocycles. The molecule has 0 fully saturated rings. The first-order chi connectivity index (χ1) is 9.09. The van der Waals surface area contributed by atoms with Crippen LogP contribution in [0.2, 0.25) is 10.0 Å². The zero-order valence-electron chi connectivity index (χ0n) is 9.45.